The first-order chi connectivity index (χ1) is 13.2. The zero-order chi connectivity index (χ0) is 20.2. The van der Waals surface area contributed by atoms with Gasteiger partial charge in [0.2, 0.25) is 5.91 Å². The molecule has 0 aromatic heterocycles. The van der Waals surface area contributed by atoms with Gasteiger partial charge < -0.3 is 22.1 Å². The van der Waals surface area contributed by atoms with Gasteiger partial charge in [0.05, 0.1) is 6.04 Å². The van der Waals surface area contributed by atoms with Gasteiger partial charge in [0.25, 0.3) is 0 Å². The standard InChI is InChI=1S/C21H46N4OS/c1-2-3-4-5-6-7-8-9-10-11-18-27-19-20(24)21(26)25(16-12-14-22)17-13-15-23/h20H,2-19,22-24H2,1H3/t20-/m1/s1. The lowest BCUT2D eigenvalue weighted by Gasteiger charge is -2.25. The van der Waals surface area contributed by atoms with Crippen molar-refractivity contribution in [2.45, 2.75) is 90.0 Å². The predicted molar refractivity (Wildman–Crippen MR) is 121 cm³/mol. The van der Waals surface area contributed by atoms with Crippen LogP contribution in [0.4, 0.5) is 0 Å². The van der Waals surface area contributed by atoms with Gasteiger partial charge in [0.1, 0.15) is 0 Å². The van der Waals surface area contributed by atoms with Gasteiger partial charge >= 0.3 is 0 Å². The van der Waals surface area contributed by atoms with Crippen molar-refractivity contribution in [2.24, 2.45) is 17.2 Å². The van der Waals surface area contributed by atoms with Crippen molar-refractivity contribution in [1.82, 2.24) is 4.90 Å². The maximum absolute atomic E-state index is 12.5. The van der Waals surface area contributed by atoms with Crippen LogP contribution in [-0.2, 0) is 4.79 Å². The third kappa shape index (κ3) is 16.4. The quantitative estimate of drug-likeness (QED) is 0.271. The van der Waals surface area contributed by atoms with E-state index < -0.39 is 6.04 Å². The fourth-order valence-corrected chi connectivity index (χ4v) is 4.08. The Morgan fingerprint density at radius 1 is 0.815 bits per heavy atom. The summed E-state index contributed by atoms with van der Waals surface area (Å²) in [5.41, 5.74) is 17.3. The Hall–Kier alpha value is -0.300. The van der Waals surface area contributed by atoms with Gasteiger partial charge in [-0.1, -0.05) is 64.7 Å². The van der Waals surface area contributed by atoms with Crippen LogP contribution in [-0.4, -0.2) is 54.5 Å². The number of hydrogen-bond donors (Lipinski definition) is 3. The Bertz CT molecular complexity index is 323. The van der Waals surface area contributed by atoms with E-state index in [1.807, 2.05) is 16.7 Å². The molecule has 0 aromatic carbocycles. The molecule has 1 atom stereocenters. The highest BCUT2D eigenvalue weighted by Gasteiger charge is 2.20. The molecule has 0 aliphatic heterocycles. The summed E-state index contributed by atoms with van der Waals surface area (Å²) in [6, 6.07) is -0.409. The van der Waals surface area contributed by atoms with E-state index in [0.29, 0.717) is 31.9 Å². The number of nitrogens with two attached hydrogens (primary N) is 3. The van der Waals surface area contributed by atoms with Gasteiger partial charge in [-0.2, -0.15) is 11.8 Å². The number of carbonyl (C=O) groups excluding carboxylic acids is 1. The molecule has 162 valence electrons. The van der Waals surface area contributed by atoms with E-state index in [9.17, 15) is 4.79 Å². The zero-order valence-corrected chi connectivity index (χ0v) is 18.6. The molecule has 0 heterocycles. The van der Waals surface area contributed by atoms with Crippen molar-refractivity contribution in [3.63, 3.8) is 0 Å². The molecule has 0 fully saturated rings. The van der Waals surface area contributed by atoms with Crippen LogP contribution < -0.4 is 17.2 Å². The highest BCUT2D eigenvalue weighted by molar-refractivity contribution is 7.99. The summed E-state index contributed by atoms with van der Waals surface area (Å²) in [6.45, 7) is 4.82. The minimum absolute atomic E-state index is 0.0486. The van der Waals surface area contributed by atoms with Crippen molar-refractivity contribution < 1.29 is 4.79 Å². The van der Waals surface area contributed by atoms with E-state index in [0.717, 1.165) is 18.6 Å². The predicted octanol–water partition coefficient (Wildman–Crippen LogP) is 3.49. The summed E-state index contributed by atoms with van der Waals surface area (Å²) in [4.78, 5) is 14.3. The first-order valence-corrected chi connectivity index (χ1v) is 12.3. The highest BCUT2D eigenvalue weighted by Crippen LogP contribution is 2.13. The van der Waals surface area contributed by atoms with Crippen molar-refractivity contribution >= 4 is 17.7 Å². The Kier molecular flexibility index (Phi) is 20.2. The molecule has 0 radical (unpaired) electrons. The van der Waals surface area contributed by atoms with Crippen LogP contribution in [0, 0.1) is 0 Å². The third-order valence-corrected chi connectivity index (χ3v) is 6.00. The molecule has 0 unspecified atom stereocenters. The van der Waals surface area contributed by atoms with Gasteiger partial charge in [-0.3, -0.25) is 4.79 Å². The van der Waals surface area contributed by atoms with E-state index >= 15 is 0 Å². The fourth-order valence-electron chi connectivity index (χ4n) is 3.10. The molecule has 0 saturated heterocycles. The van der Waals surface area contributed by atoms with Crippen molar-refractivity contribution in [3.8, 4) is 0 Å². The maximum Gasteiger partial charge on any atom is 0.240 e. The first-order valence-electron chi connectivity index (χ1n) is 11.2. The molecule has 0 aromatic rings. The number of carbonyl (C=O) groups is 1. The van der Waals surface area contributed by atoms with Gasteiger partial charge in [-0.25, -0.2) is 0 Å². The van der Waals surface area contributed by atoms with Crippen LogP contribution in [0.1, 0.15) is 84.0 Å². The van der Waals surface area contributed by atoms with E-state index in [4.69, 9.17) is 17.2 Å². The second kappa shape index (κ2) is 20.4. The average Bonchev–Trinajstić information content (AvgIpc) is 2.68. The Morgan fingerprint density at radius 2 is 1.30 bits per heavy atom. The summed E-state index contributed by atoms with van der Waals surface area (Å²) in [6.07, 6.45) is 15.2. The van der Waals surface area contributed by atoms with E-state index in [1.54, 1.807) is 0 Å². The number of thioether (sulfide) groups is 1. The van der Waals surface area contributed by atoms with Crippen LogP contribution in [0.5, 0.6) is 0 Å². The number of amides is 1. The largest absolute Gasteiger partial charge is 0.341 e. The Morgan fingerprint density at radius 3 is 1.78 bits per heavy atom. The summed E-state index contributed by atoms with van der Waals surface area (Å²) in [5.74, 6) is 1.86. The number of rotatable bonds is 20. The van der Waals surface area contributed by atoms with E-state index in [-0.39, 0.29) is 5.91 Å². The molecule has 0 rings (SSSR count). The SMILES string of the molecule is CCCCCCCCCCCCSC[C@@H](N)C(=O)N(CCCN)CCCN. The van der Waals surface area contributed by atoms with Crippen molar-refractivity contribution in [3.05, 3.63) is 0 Å². The summed E-state index contributed by atoms with van der Waals surface area (Å²) < 4.78 is 0. The molecule has 0 aliphatic carbocycles. The fraction of sp³-hybridized carbons (Fsp3) is 0.952. The molecule has 0 aliphatic rings. The molecule has 0 spiro atoms. The lowest BCUT2D eigenvalue weighted by Crippen LogP contribution is -2.46. The number of unbranched alkanes of at least 4 members (excludes halogenated alkanes) is 9. The minimum Gasteiger partial charge on any atom is -0.341 e. The van der Waals surface area contributed by atoms with Crippen molar-refractivity contribution in [2.75, 3.05) is 37.7 Å². The molecule has 0 bridgehead atoms. The third-order valence-electron chi connectivity index (χ3n) is 4.83. The first kappa shape index (κ1) is 26.7. The molecular formula is C21H46N4OS. The zero-order valence-electron chi connectivity index (χ0n) is 17.8. The molecule has 27 heavy (non-hydrogen) atoms. The van der Waals surface area contributed by atoms with Crippen LogP contribution >= 0.6 is 11.8 Å². The molecular weight excluding hydrogens is 356 g/mol. The van der Waals surface area contributed by atoms with Gasteiger partial charge in [0, 0.05) is 18.8 Å². The minimum atomic E-state index is -0.409. The second-order valence-electron chi connectivity index (χ2n) is 7.47. The molecule has 0 saturated carbocycles. The van der Waals surface area contributed by atoms with E-state index in [2.05, 4.69) is 6.92 Å². The number of hydrogen-bond acceptors (Lipinski definition) is 5. The topological polar surface area (TPSA) is 98.4 Å². The van der Waals surface area contributed by atoms with Crippen LogP contribution in [0.3, 0.4) is 0 Å². The lowest BCUT2D eigenvalue weighted by molar-refractivity contribution is -0.132. The summed E-state index contributed by atoms with van der Waals surface area (Å²) in [5, 5.41) is 0. The van der Waals surface area contributed by atoms with Crippen molar-refractivity contribution in [1.29, 1.82) is 0 Å². The number of nitrogens with zero attached hydrogens (tertiary/aromatic N) is 1. The smallest absolute Gasteiger partial charge is 0.240 e. The second-order valence-corrected chi connectivity index (χ2v) is 8.62. The monoisotopic (exact) mass is 402 g/mol. The lowest BCUT2D eigenvalue weighted by atomic mass is 10.1. The molecule has 6 heteroatoms. The van der Waals surface area contributed by atoms with Crippen LogP contribution in [0.15, 0.2) is 0 Å². The summed E-state index contributed by atoms with van der Waals surface area (Å²) in [7, 11) is 0. The van der Waals surface area contributed by atoms with Gasteiger partial charge in [-0.15, -0.1) is 0 Å². The maximum atomic E-state index is 12.5. The molecule has 5 nitrogen and oxygen atoms in total. The highest BCUT2D eigenvalue weighted by atomic mass is 32.2. The average molecular weight is 403 g/mol. The van der Waals surface area contributed by atoms with Gasteiger partial charge in [0.15, 0.2) is 0 Å². The van der Waals surface area contributed by atoms with Crippen LogP contribution in [0.25, 0.3) is 0 Å². The molecule has 1 amide bonds. The molecule has 6 N–H and O–H groups in total. The van der Waals surface area contributed by atoms with E-state index in [1.165, 1.54) is 64.2 Å². The van der Waals surface area contributed by atoms with Gasteiger partial charge in [-0.05, 0) is 38.1 Å². The normalized spacial score (nSPS) is 12.3. The summed E-state index contributed by atoms with van der Waals surface area (Å²) >= 11 is 1.81. The Balaban J connectivity index is 3.67. The Labute approximate surface area is 172 Å². The van der Waals surface area contributed by atoms with Crippen LogP contribution in [0.2, 0.25) is 0 Å².